The first-order valence-corrected chi connectivity index (χ1v) is 9.66. The van der Waals surface area contributed by atoms with Crippen LogP contribution in [-0.2, 0) is 6.42 Å². The second-order valence-corrected chi connectivity index (χ2v) is 6.99. The lowest BCUT2D eigenvalue weighted by Crippen LogP contribution is -2.31. The number of nitrogens with one attached hydrogen (secondary N) is 1. The van der Waals surface area contributed by atoms with Crippen molar-refractivity contribution < 1.29 is 0 Å². The van der Waals surface area contributed by atoms with Crippen LogP contribution in [0.2, 0.25) is 0 Å². The van der Waals surface area contributed by atoms with E-state index in [0.29, 0.717) is 0 Å². The Morgan fingerprint density at radius 1 is 1.04 bits per heavy atom. The van der Waals surface area contributed by atoms with Crippen LogP contribution in [0.5, 0.6) is 0 Å². The lowest BCUT2D eigenvalue weighted by atomic mass is 9.80. The van der Waals surface area contributed by atoms with Gasteiger partial charge in [0.2, 0.25) is 0 Å². The average Bonchev–Trinajstić information content (AvgIpc) is 2.68. The van der Waals surface area contributed by atoms with Crippen molar-refractivity contribution in [2.45, 2.75) is 51.9 Å². The van der Waals surface area contributed by atoms with Crippen LogP contribution in [0.1, 0.15) is 62.5 Å². The molecule has 1 unspecified atom stereocenters. The van der Waals surface area contributed by atoms with Gasteiger partial charge in [-0.3, -0.25) is 10.4 Å². The Kier molecular flexibility index (Phi) is 5.04. The number of aryl methyl sites for hydroxylation is 1. The predicted octanol–water partition coefficient (Wildman–Crippen LogP) is 4.12. The van der Waals surface area contributed by atoms with Gasteiger partial charge in [-0.25, -0.2) is 9.97 Å². The zero-order valence-corrected chi connectivity index (χ0v) is 15.3. The molecule has 4 rings (SSSR count). The van der Waals surface area contributed by atoms with E-state index in [1.165, 1.54) is 36.8 Å². The monoisotopic (exact) mass is 347 g/mol. The van der Waals surface area contributed by atoms with Crippen LogP contribution in [-0.4, -0.2) is 20.7 Å². The quantitative estimate of drug-likeness (QED) is 0.907. The minimum atomic E-state index is 0.279. The van der Waals surface area contributed by atoms with Crippen LogP contribution < -0.4 is 5.43 Å². The summed E-state index contributed by atoms with van der Waals surface area (Å²) in [6.45, 7) is 2.15. The Bertz CT molecular complexity index is 808. The molecule has 5 nitrogen and oxygen atoms in total. The van der Waals surface area contributed by atoms with E-state index in [1.807, 2.05) is 12.3 Å². The summed E-state index contributed by atoms with van der Waals surface area (Å²) in [5, 5.41) is 4.70. The number of allylic oxidation sites excluding steroid dienone is 1. The maximum atomic E-state index is 4.70. The molecular formula is C21H25N5. The third-order valence-corrected chi connectivity index (χ3v) is 5.33. The number of hydrazone groups is 1. The molecule has 0 saturated heterocycles. The van der Waals surface area contributed by atoms with Gasteiger partial charge in [0.1, 0.15) is 5.71 Å². The van der Waals surface area contributed by atoms with Crippen LogP contribution >= 0.6 is 0 Å². The maximum absolute atomic E-state index is 4.70. The molecule has 1 saturated carbocycles. The predicted molar refractivity (Wildman–Crippen MR) is 103 cm³/mol. The van der Waals surface area contributed by atoms with E-state index in [9.17, 15) is 0 Å². The van der Waals surface area contributed by atoms with Crippen LogP contribution in [0.15, 0.2) is 47.5 Å². The van der Waals surface area contributed by atoms with Crippen molar-refractivity contribution in [3.8, 4) is 0 Å². The summed E-state index contributed by atoms with van der Waals surface area (Å²) in [6.07, 6.45) is 13.8. The van der Waals surface area contributed by atoms with Gasteiger partial charge in [-0.1, -0.05) is 32.3 Å². The fourth-order valence-electron chi connectivity index (χ4n) is 3.87. The molecule has 0 aromatic carbocycles. The fourth-order valence-corrected chi connectivity index (χ4v) is 3.87. The zero-order valence-electron chi connectivity index (χ0n) is 15.3. The molecular weight excluding hydrogens is 322 g/mol. The molecule has 2 aliphatic rings. The summed E-state index contributed by atoms with van der Waals surface area (Å²) in [5.74, 6) is 1.01. The molecule has 1 atom stereocenters. The summed E-state index contributed by atoms with van der Waals surface area (Å²) in [6, 6.07) is 6.12. The molecule has 0 spiro atoms. The SMILES string of the molecule is CCc1ccc(C2=C3CCCCCCC3C(c3ncccn3)=NN2)nc1. The number of nitrogens with zero attached hydrogens (tertiary/aromatic N) is 4. The van der Waals surface area contributed by atoms with Gasteiger partial charge in [-0.15, -0.1) is 0 Å². The van der Waals surface area contributed by atoms with E-state index in [4.69, 9.17) is 10.1 Å². The van der Waals surface area contributed by atoms with E-state index in [2.05, 4.69) is 34.5 Å². The molecule has 0 amide bonds. The standard InChI is InChI=1S/C21H25N5/c1-2-15-10-11-18(24-14-15)19-16-8-5-3-4-6-9-17(16)20(26-25-19)21-22-12-7-13-23-21/h7,10-14,17,25H,2-6,8-9H2,1H3. The van der Waals surface area contributed by atoms with Gasteiger partial charge in [-0.05, 0) is 49.0 Å². The van der Waals surface area contributed by atoms with Gasteiger partial charge in [0, 0.05) is 24.5 Å². The van der Waals surface area contributed by atoms with Crippen molar-refractivity contribution in [2.24, 2.45) is 11.0 Å². The highest BCUT2D eigenvalue weighted by Gasteiger charge is 2.31. The van der Waals surface area contributed by atoms with E-state index in [0.717, 1.165) is 42.2 Å². The van der Waals surface area contributed by atoms with Crippen LogP contribution in [0.25, 0.3) is 5.70 Å². The molecule has 5 heteroatoms. The van der Waals surface area contributed by atoms with Gasteiger partial charge in [0.25, 0.3) is 0 Å². The summed E-state index contributed by atoms with van der Waals surface area (Å²) in [7, 11) is 0. The maximum Gasteiger partial charge on any atom is 0.176 e. The van der Waals surface area contributed by atoms with Gasteiger partial charge in [0.05, 0.1) is 11.4 Å². The highest BCUT2D eigenvalue weighted by atomic mass is 15.3. The summed E-state index contributed by atoms with van der Waals surface area (Å²) in [4.78, 5) is 13.6. The molecule has 0 radical (unpaired) electrons. The molecule has 0 bridgehead atoms. The Hall–Kier alpha value is -2.56. The highest BCUT2D eigenvalue weighted by molar-refractivity contribution is 6.03. The summed E-state index contributed by atoms with van der Waals surface area (Å²) in [5.41, 5.74) is 9.00. The normalized spacial score (nSPS) is 20.5. The fraction of sp³-hybridized carbons (Fsp3) is 0.429. The number of aromatic nitrogens is 3. The van der Waals surface area contributed by atoms with Gasteiger partial charge in [-0.2, -0.15) is 5.10 Å². The zero-order chi connectivity index (χ0) is 17.8. The second-order valence-electron chi connectivity index (χ2n) is 6.99. The lowest BCUT2D eigenvalue weighted by Gasteiger charge is -2.30. The summed E-state index contributed by atoms with van der Waals surface area (Å²) >= 11 is 0. The van der Waals surface area contributed by atoms with Crippen molar-refractivity contribution in [3.63, 3.8) is 0 Å². The minimum absolute atomic E-state index is 0.279. The number of hydrogen-bond donors (Lipinski definition) is 1. The topological polar surface area (TPSA) is 63.1 Å². The van der Waals surface area contributed by atoms with Crippen molar-refractivity contribution >= 4 is 11.4 Å². The molecule has 3 heterocycles. The largest absolute Gasteiger partial charge is 0.276 e. The number of pyridine rings is 1. The molecule has 1 fully saturated rings. The number of hydrogen-bond acceptors (Lipinski definition) is 5. The van der Waals surface area contributed by atoms with E-state index in [-0.39, 0.29) is 5.92 Å². The molecule has 2 aromatic rings. The molecule has 26 heavy (non-hydrogen) atoms. The molecule has 1 aliphatic heterocycles. The van der Waals surface area contributed by atoms with E-state index < -0.39 is 0 Å². The number of fused-ring (bicyclic) bond motifs is 1. The van der Waals surface area contributed by atoms with Gasteiger partial charge >= 0.3 is 0 Å². The highest BCUT2D eigenvalue weighted by Crippen LogP contribution is 2.36. The summed E-state index contributed by atoms with van der Waals surface area (Å²) < 4.78 is 0. The second kappa shape index (κ2) is 7.77. The Morgan fingerprint density at radius 3 is 2.65 bits per heavy atom. The number of rotatable bonds is 3. The van der Waals surface area contributed by atoms with Crippen LogP contribution in [0.3, 0.4) is 0 Å². The lowest BCUT2D eigenvalue weighted by molar-refractivity contribution is 0.520. The Morgan fingerprint density at radius 2 is 1.88 bits per heavy atom. The van der Waals surface area contributed by atoms with Crippen molar-refractivity contribution in [2.75, 3.05) is 0 Å². The first kappa shape index (κ1) is 16.9. The molecule has 134 valence electrons. The van der Waals surface area contributed by atoms with Crippen LogP contribution in [0.4, 0.5) is 0 Å². The molecule has 1 aliphatic carbocycles. The first-order valence-electron chi connectivity index (χ1n) is 9.66. The van der Waals surface area contributed by atoms with Gasteiger partial charge < -0.3 is 0 Å². The smallest absolute Gasteiger partial charge is 0.176 e. The van der Waals surface area contributed by atoms with Crippen molar-refractivity contribution in [1.29, 1.82) is 0 Å². The van der Waals surface area contributed by atoms with Crippen molar-refractivity contribution in [3.05, 3.63) is 59.4 Å². The van der Waals surface area contributed by atoms with Crippen LogP contribution in [0, 0.1) is 5.92 Å². The molecule has 2 aromatic heterocycles. The van der Waals surface area contributed by atoms with E-state index in [1.54, 1.807) is 12.4 Å². The first-order chi connectivity index (χ1) is 12.9. The third-order valence-electron chi connectivity index (χ3n) is 5.33. The third kappa shape index (κ3) is 3.39. The average molecular weight is 347 g/mol. The van der Waals surface area contributed by atoms with Crippen molar-refractivity contribution in [1.82, 2.24) is 20.4 Å². The Balaban J connectivity index is 1.74. The minimum Gasteiger partial charge on any atom is -0.276 e. The Labute approximate surface area is 154 Å². The molecule has 1 N–H and O–H groups in total. The van der Waals surface area contributed by atoms with E-state index >= 15 is 0 Å². The van der Waals surface area contributed by atoms with Gasteiger partial charge in [0.15, 0.2) is 5.82 Å².